The maximum absolute atomic E-state index is 9.71. The molecule has 76 valence electrons. The molecule has 0 bridgehead atoms. The standard InChI is InChI=1S/C12H17NO/c1-9-7-11(10(2)12(14)8-9)13-5-3-4-6-13/h7-8,14H,3-6H2,1-2H3. The number of aromatic hydroxyl groups is 1. The van der Waals surface area contributed by atoms with Crippen molar-refractivity contribution in [2.75, 3.05) is 18.0 Å². The van der Waals surface area contributed by atoms with Crippen molar-refractivity contribution in [3.05, 3.63) is 23.3 Å². The highest BCUT2D eigenvalue weighted by atomic mass is 16.3. The molecule has 0 aromatic heterocycles. The molecule has 2 nitrogen and oxygen atoms in total. The van der Waals surface area contributed by atoms with Gasteiger partial charge in [-0.15, -0.1) is 0 Å². The fourth-order valence-electron chi connectivity index (χ4n) is 2.11. The van der Waals surface area contributed by atoms with Gasteiger partial charge < -0.3 is 10.0 Å². The van der Waals surface area contributed by atoms with Gasteiger partial charge in [-0.3, -0.25) is 0 Å². The van der Waals surface area contributed by atoms with Crippen molar-refractivity contribution in [2.45, 2.75) is 26.7 Å². The zero-order valence-corrected chi connectivity index (χ0v) is 8.88. The maximum Gasteiger partial charge on any atom is 0.120 e. The zero-order valence-electron chi connectivity index (χ0n) is 8.88. The van der Waals surface area contributed by atoms with Crippen LogP contribution >= 0.6 is 0 Å². The van der Waals surface area contributed by atoms with E-state index in [9.17, 15) is 5.11 Å². The van der Waals surface area contributed by atoms with E-state index in [1.807, 2.05) is 19.9 Å². The van der Waals surface area contributed by atoms with E-state index in [1.54, 1.807) is 0 Å². The first-order chi connectivity index (χ1) is 6.68. The molecule has 14 heavy (non-hydrogen) atoms. The molecule has 1 saturated heterocycles. The molecular weight excluding hydrogens is 174 g/mol. The molecule has 1 aromatic rings. The lowest BCUT2D eigenvalue weighted by molar-refractivity contribution is 0.470. The van der Waals surface area contributed by atoms with Crippen molar-refractivity contribution < 1.29 is 5.11 Å². The second-order valence-electron chi connectivity index (χ2n) is 4.12. The predicted molar refractivity (Wildman–Crippen MR) is 59.0 cm³/mol. The van der Waals surface area contributed by atoms with Gasteiger partial charge in [-0.1, -0.05) is 0 Å². The van der Waals surface area contributed by atoms with E-state index in [0.29, 0.717) is 5.75 Å². The Morgan fingerprint density at radius 3 is 2.43 bits per heavy atom. The first kappa shape index (κ1) is 9.38. The summed E-state index contributed by atoms with van der Waals surface area (Å²) in [6.45, 7) is 6.27. The minimum absolute atomic E-state index is 0.423. The summed E-state index contributed by atoms with van der Waals surface area (Å²) in [4.78, 5) is 2.36. The van der Waals surface area contributed by atoms with Crippen molar-refractivity contribution in [1.29, 1.82) is 0 Å². The van der Waals surface area contributed by atoms with Crippen LogP contribution in [-0.4, -0.2) is 18.2 Å². The summed E-state index contributed by atoms with van der Waals surface area (Å²) in [6.07, 6.45) is 2.54. The first-order valence-corrected chi connectivity index (χ1v) is 5.23. The molecule has 0 amide bonds. The third kappa shape index (κ3) is 1.57. The van der Waals surface area contributed by atoms with Crippen LogP contribution in [0.4, 0.5) is 5.69 Å². The lowest BCUT2D eigenvalue weighted by Gasteiger charge is -2.21. The van der Waals surface area contributed by atoms with E-state index in [2.05, 4.69) is 11.0 Å². The number of phenolic OH excluding ortho intramolecular Hbond substituents is 1. The lowest BCUT2D eigenvalue weighted by atomic mass is 10.1. The molecule has 1 heterocycles. The van der Waals surface area contributed by atoms with Gasteiger partial charge in [0.15, 0.2) is 0 Å². The van der Waals surface area contributed by atoms with Gasteiger partial charge in [0.25, 0.3) is 0 Å². The average Bonchev–Trinajstić information content (AvgIpc) is 2.63. The van der Waals surface area contributed by atoms with E-state index >= 15 is 0 Å². The predicted octanol–water partition coefficient (Wildman–Crippen LogP) is 2.61. The second kappa shape index (κ2) is 3.52. The smallest absolute Gasteiger partial charge is 0.120 e. The van der Waals surface area contributed by atoms with Gasteiger partial charge in [-0.05, 0) is 44.4 Å². The van der Waals surface area contributed by atoms with Crippen LogP contribution in [0.5, 0.6) is 5.75 Å². The molecule has 0 atom stereocenters. The van der Waals surface area contributed by atoms with Gasteiger partial charge in [0.05, 0.1) is 0 Å². The van der Waals surface area contributed by atoms with E-state index < -0.39 is 0 Å². The Morgan fingerprint density at radius 2 is 1.79 bits per heavy atom. The number of aryl methyl sites for hydroxylation is 1. The Bertz CT molecular complexity index is 340. The van der Waals surface area contributed by atoms with Gasteiger partial charge in [0.2, 0.25) is 0 Å². The molecule has 0 aliphatic carbocycles. The number of anilines is 1. The monoisotopic (exact) mass is 191 g/mol. The summed E-state index contributed by atoms with van der Waals surface area (Å²) in [6, 6.07) is 4.00. The SMILES string of the molecule is Cc1cc(O)c(C)c(N2CCCC2)c1. The highest BCUT2D eigenvalue weighted by Gasteiger charge is 2.16. The Morgan fingerprint density at radius 1 is 1.14 bits per heavy atom. The van der Waals surface area contributed by atoms with Crippen LogP contribution in [-0.2, 0) is 0 Å². The van der Waals surface area contributed by atoms with E-state index in [-0.39, 0.29) is 0 Å². The molecule has 1 fully saturated rings. The van der Waals surface area contributed by atoms with Gasteiger partial charge in [0, 0.05) is 24.3 Å². The molecular formula is C12H17NO. The van der Waals surface area contributed by atoms with Crippen molar-refractivity contribution in [2.24, 2.45) is 0 Å². The van der Waals surface area contributed by atoms with Crippen LogP contribution in [0.25, 0.3) is 0 Å². The second-order valence-corrected chi connectivity index (χ2v) is 4.12. The van der Waals surface area contributed by atoms with Gasteiger partial charge in [-0.25, -0.2) is 0 Å². The van der Waals surface area contributed by atoms with E-state index in [1.165, 1.54) is 18.5 Å². The molecule has 0 radical (unpaired) electrons. The number of nitrogens with zero attached hydrogens (tertiary/aromatic N) is 1. The number of hydrogen-bond donors (Lipinski definition) is 1. The van der Waals surface area contributed by atoms with Crippen LogP contribution < -0.4 is 4.90 Å². The minimum atomic E-state index is 0.423. The summed E-state index contributed by atoms with van der Waals surface area (Å²) < 4.78 is 0. The fourth-order valence-corrected chi connectivity index (χ4v) is 2.11. The van der Waals surface area contributed by atoms with E-state index in [0.717, 1.165) is 24.2 Å². The number of rotatable bonds is 1. The van der Waals surface area contributed by atoms with Crippen LogP contribution in [0.2, 0.25) is 0 Å². The fraction of sp³-hybridized carbons (Fsp3) is 0.500. The molecule has 0 saturated carbocycles. The van der Waals surface area contributed by atoms with Crippen molar-refractivity contribution in [3.63, 3.8) is 0 Å². The zero-order chi connectivity index (χ0) is 10.1. The minimum Gasteiger partial charge on any atom is -0.508 e. The molecule has 0 unspecified atom stereocenters. The molecule has 1 N–H and O–H groups in total. The molecule has 1 aliphatic rings. The summed E-state index contributed by atoms with van der Waals surface area (Å²) >= 11 is 0. The molecule has 2 rings (SSSR count). The summed E-state index contributed by atoms with van der Waals surface area (Å²) in [5.41, 5.74) is 3.35. The molecule has 0 spiro atoms. The third-order valence-corrected chi connectivity index (χ3v) is 2.94. The van der Waals surface area contributed by atoms with Crippen molar-refractivity contribution >= 4 is 5.69 Å². The van der Waals surface area contributed by atoms with Crippen LogP contribution in [0.1, 0.15) is 24.0 Å². The van der Waals surface area contributed by atoms with E-state index in [4.69, 9.17) is 0 Å². The molecule has 1 aromatic carbocycles. The number of benzene rings is 1. The normalized spacial score (nSPS) is 16.3. The van der Waals surface area contributed by atoms with Crippen LogP contribution in [0.3, 0.4) is 0 Å². The van der Waals surface area contributed by atoms with Gasteiger partial charge in [0.1, 0.15) is 5.75 Å². The Balaban J connectivity index is 2.40. The average molecular weight is 191 g/mol. The largest absolute Gasteiger partial charge is 0.508 e. The first-order valence-electron chi connectivity index (χ1n) is 5.23. The summed E-state index contributed by atoms with van der Waals surface area (Å²) in [5, 5.41) is 9.71. The Hall–Kier alpha value is -1.18. The van der Waals surface area contributed by atoms with Crippen LogP contribution in [0, 0.1) is 13.8 Å². The quantitative estimate of drug-likeness (QED) is 0.737. The number of phenols is 1. The maximum atomic E-state index is 9.71. The third-order valence-electron chi connectivity index (χ3n) is 2.94. The van der Waals surface area contributed by atoms with Crippen molar-refractivity contribution in [1.82, 2.24) is 0 Å². The van der Waals surface area contributed by atoms with Crippen LogP contribution in [0.15, 0.2) is 12.1 Å². The topological polar surface area (TPSA) is 23.5 Å². The van der Waals surface area contributed by atoms with Crippen molar-refractivity contribution in [3.8, 4) is 5.75 Å². The Kier molecular flexibility index (Phi) is 2.36. The lowest BCUT2D eigenvalue weighted by Crippen LogP contribution is -2.18. The van der Waals surface area contributed by atoms with Gasteiger partial charge >= 0.3 is 0 Å². The summed E-state index contributed by atoms with van der Waals surface area (Å²) in [5.74, 6) is 0.423. The highest BCUT2D eigenvalue weighted by molar-refractivity contribution is 5.60. The molecule has 2 heteroatoms. The van der Waals surface area contributed by atoms with Gasteiger partial charge in [-0.2, -0.15) is 0 Å². The Labute approximate surface area is 85.2 Å². The highest BCUT2D eigenvalue weighted by Crippen LogP contribution is 2.31. The molecule has 1 aliphatic heterocycles. The number of hydrogen-bond acceptors (Lipinski definition) is 2. The summed E-state index contributed by atoms with van der Waals surface area (Å²) in [7, 11) is 0.